The van der Waals surface area contributed by atoms with Gasteiger partial charge in [-0.25, -0.2) is 13.4 Å². The van der Waals surface area contributed by atoms with Crippen LogP contribution in [0.3, 0.4) is 0 Å². The van der Waals surface area contributed by atoms with E-state index in [0.29, 0.717) is 42.6 Å². The van der Waals surface area contributed by atoms with E-state index in [4.69, 9.17) is 4.74 Å². The maximum atomic E-state index is 13.5. The number of amides is 1. The largest absolute Gasteiger partial charge is 0.497 e. The number of methoxy groups -OCH3 is 1. The minimum absolute atomic E-state index is 0. The van der Waals surface area contributed by atoms with Gasteiger partial charge in [0.05, 0.1) is 22.2 Å². The molecule has 8 nitrogen and oxygen atoms in total. The quantitative estimate of drug-likeness (QED) is 0.446. The van der Waals surface area contributed by atoms with Gasteiger partial charge in [-0.3, -0.25) is 9.69 Å². The molecule has 1 saturated heterocycles. The van der Waals surface area contributed by atoms with Crippen LogP contribution in [-0.4, -0.2) is 75.9 Å². The lowest BCUT2D eigenvalue weighted by Gasteiger charge is -2.22. The number of likely N-dealkylation sites (N-methyl/N-ethyl adjacent to an activating group) is 1. The summed E-state index contributed by atoms with van der Waals surface area (Å²) in [4.78, 5) is 22.0. The lowest BCUT2D eigenvalue weighted by molar-refractivity contribution is 0.0985. The molecule has 0 spiro atoms. The SMILES string of the molecule is COc1ccc2sc(N(CCN(C)C)C(=O)c3ccc(S(=O)(=O)N4CCCC4)cc3)nc2c1.Cl. The number of hydrogen-bond donors (Lipinski definition) is 0. The van der Waals surface area contributed by atoms with E-state index in [1.165, 1.54) is 27.8 Å². The van der Waals surface area contributed by atoms with Crippen LogP contribution in [0.5, 0.6) is 5.75 Å². The second kappa shape index (κ2) is 11.0. The summed E-state index contributed by atoms with van der Waals surface area (Å²) in [6.07, 6.45) is 1.76. The Labute approximate surface area is 210 Å². The summed E-state index contributed by atoms with van der Waals surface area (Å²) in [6.45, 7) is 2.20. The highest BCUT2D eigenvalue weighted by molar-refractivity contribution is 7.89. The molecule has 0 unspecified atom stereocenters. The van der Waals surface area contributed by atoms with E-state index >= 15 is 0 Å². The van der Waals surface area contributed by atoms with E-state index in [9.17, 15) is 13.2 Å². The smallest absolute Gasteiger partial charge is 0.260 e. The average molecular weight is 525 g/mol. The molecule has 2 aromatic carbocycles. The fourth-order valence-electron chi connectivity index (χ4n) is 3.72. The molecule has 34 heavy (non-hydrogen) atoms. The summed E-state index contributed by atoms with van der Waals surface area (Å²) < 4.78 is 33.4. The number of carbonyl (C=O) groups excluding carboxylic acids is 1. The van der Waals surface area contributed by atoms with Crippen molar-refractivity contribution in [3.8, 4) is 5.75 Å². The van der Waals surface area contributed by atoms with Crippen molar-refractivity contribution in [2.75, 3.05) is 52.3 Å². The van der Waals surface area contributed by atoms with Gasteiger partial charge in [-0.15, -0.1) is 12.4 Å². The molecule has 1 fully saturated rings. The van der Waals surface area contributed by atoms with Gasteiger partial charge in [-0.1, -0.05) is 11.3 Å². The molecule has 0 saturated carbocycles. The summed E-state index contributed by atoms with van der Waals surface area (Å²) in [5, 5.41) is 0.596. The molecule has 2 heterocycles. The van der Waals surface area contributed by atoms with E-state index < -0.39 is 10.0 Å². The number of hydrogen-bond acceptors (Lipinski definition) is 7. The zero-order valence-electron chi connectivity index (χ0n) is 19.4. The van der Waals surface area contributed by atoms with Crippen molar-refractivity contribution in [2.24, 2.45) is 0 Å². The standard InChI is InChI=1S/C23H28N4O4S2.ClH/c1-25(2)14-15-27(23-24-20-16-18(31-3)8-11-21(20)32-23)22(28)17-6-9-19(10-7-17)33(29,30)26-12-4-5-13-26;/h6-11,16H,4-5,12-15H2,1-3H3;1H. The molecule has 0 N–H and O–H groups in total. The highest BCUT2D eigenvalue weighted by atomic mass is 35.5. The van der Waals surface area contributed by atoms with E-state index in [-0.39, 0.29) is 23.2 Å². The summed E-state index contributed by atoms with van der Waals surface area (Å²) in [6, 6.07) is 11.9. The zero-order valence-corrected chi connectivity index (χ0v) is 21.9. The van der Waals surface area contributed by atoms with Crippen molar-refractivity contribution in [1.82, 2.24) is 14.2 Å². The Morgan fingerprint density at radius 2 is 1.76 bits per heavy atom. The number of aromatic nitrogens is 1. The van der Waals surface area contributed by atoms with Crippen molar-refractivity contribution in [3.63, 3.8) is 0 Å². The van der Waals surface area contributed by atoms with Crippen molar-refractivity contribution in [3.05, 3.63) is 48.0 Å². The van der Waals surface area contributed by atoms with Crippen LogP contribution in [0.25, 0.3) is 10.2 Å². The monoisotopic (exact) mass is 524 g/mol. The fraction of sp³-hybridized carbons (Fsp3) is 0.391. The normalized spacial score (nSPS) is 14.4. The van der Waals surface area contributed by atoms with Gasteiger partial charge in [-0.05, 0) is 63.3 Å². The number of fused-ring (bicyclic) bond motifs is 1. The first-order chi connectivity index (χ1) is 15.8. The predicted molar refractivity (Wildman–Crippen MR) is 138 cm³/mol. The van der Waals surface area contributed by atoms with Gasteiger partial charge in [0.15, 0.2) is 5.13 Å². The number of anilines is 1. The Morgan fingerprint density at radius 3 is 2.38 bits per heavy atom. The Balaban J connectivity index is 0.00000324. The van der Waals surface area contributed by atoms with Crippen LogP contribution in [-0.2, 0) is 10.0 Å². The van der Waals surface area contributed by atoms with Gasteiger partial charge in [-0.2, -0.15) is 4.31 Å². The van der Waals surface area contributed by atoms with Crippen molar-refractivity contribution in [1.29, 1.82) is 0 Å². The molecule has 1 aliphatic rings. The van der Waals surface area contributed by atoms with Gasteiger partial charge in [0.1, 0.15) is 5.75 Å². The van der Waals surface area contributed by atoms with Crippen LogP contribution in [0.4, 0.5) is 5.13 Å². The lowest BCUT2D eigenvalue weighted by Crippen LogP contribution is -2.36. The molecule has 0 bridgehead atoms. The molecule has 4 rings (SSSR count). The molecule has 1 aliphatic heterocycles. The van der Waals surface area contributed by atoms with Crippen LogP contribution in [0, 0.1) is 0 Å². The van der Waals surface area contributed by atoms with Crippen LogP contribution in [0.15, 0.2) is 47.4 Å². The van der Waals surface area contributed by atoms with Crippen molar-refractivity contribution >= 4 is 55.0 Å². The summed E-state index contributed by atoms with van der Waals surface area (Å²) in [5.41, 5.74) is 1.19. The number of nitrogens with zero attached hydrogens (tertiary/aromatic N) is 4. The zero-order chi connectivity index (χ0) is 23.6. The fourth-order valence-corrected chi connectivity index (χ4v) is 6.21. The van der Waals surface area contributed by atoms with E-state index in [0.717, 1.165) is 23.1 Å². The van der Waals surface area contributed by atoms with Crippen LogP contribution >= 0.6 is 23.7 Å². The highest BCUT2D eigenvalue weighted by Crippen LogP contribution is 2.32. The maximum Gasteiger partial charge on any atom is 0.260 e. The Morgan fingerprint density at radius 1 is 1.09 bits per heavy atom. The minimum Gasteiger partial charge on any atom is -0.497 e. The maximum absolute atomic E-state index is 13.5. The van der Waals surface area contributed by atoms with Crippen molar-refractivity contribution in [2.45, 2.75) is 17.7 Å². The summed E-state index contributed by atoms with van der Waals surface area (Å²) in [7, 11) is 1.98. The molecule has 1 aromatic heterocycles. The number of halogens is 1. The van der Waals surface area contributed by atoms with Crippen LogP contribution in [0.1, 0.15) is 23.2 Å². The first-order valence-corrected chi connectivity index (χ1v) is 13.1. The van der Waals surface area contributed by atoms with Gasteiger partial charge in [0, 0.05) is 37.8 Å². The van der Waals surface area contributed by atoms with Crippen LogP contribution < -0.4 is 9.64 Å². The Hall–Kier alpha value is -2.24. The third kappa shape index (κ3) is 5.52. The number of carbonyl (C=O) groups is 1. The van der Waals surface area contributed by atoms with Gasteiger partial charge < -0.3 is 9.64 Å². The van der Waals surface area contributed by atoms with E-state index in [2.05, 4.69) is 4.98 Å². The number of benzene rings is 2. The molecule has 11 heteroatoms. The van der Waals surface area contributed by atoms with E-state index in [1.54, 1.807) is 24.1 Å². The summed E-state index contributed by atoms with van der Waals surface area (Å²) in [5.74, 6) is 0.494. The van der Waals surface area contributed by atoms with Gasteiger partial charge in [0.2, 0.25) is 10.0 Å². The highest BCUT2D eigenvalue weighted by Gasteiger charge is 2.28. The Kier molecular flexibility index (Phi) is 8.53. The molecule has 0 aliphatic carbocycles. The third-order valence-electron chi connectivity index (χ3n) is 5.63. The summed E-state index contributed by atoms with van der Waals surface area (Å²) >= 11 is 1.44. The first-order valence-electron chi connectivity index (χ1n) is 10.8. The molecule has 0 atom stereocenters. The average Bonchev–Trinajstić information content (AvgIpc) is 3.49. The third-order valence-corrected chi connectivity index (χ3v) is 8.61. The van der Waals surface area contributed by atoms with E-state index in [1.807, 2.05) is 37.2 Å². The molecule has 1 amide bonds. The number of rotatable bonds is 8. The number of thiazole rings is 1. The lowest BCUT2D eigenvalue weighted by atomic mass is 10.2. The number of sulfonamides is 1. The molecular weight excluding hydrogens is 496 g/mol. The second-order valence-corrected chi connectivity index (χ2v) is 11.2. The Bertz CT molecular complexity index is 1240. The van der Waals surface area contributed by atoms with Gasteiger partial charge >= 0.3 is 0 Å². The topological polar surface area (TPSA) is 83.0 Å². The predicted octanol–water partition coefficient (Wildman–Crippen LogP) is 3.72. The van der Waals surface area contributed by atoms with Gasteiger partial charge in [0.25, 0.3) is 5.91 Å². The first kappa shape index (κ1) is 26.4. The molecular formula is C23H29ClN4O4S2. The molecule has 0 radical (unpaired) electrons. The molecule has 3 aromatic rings. The van der Waals surface area contributed by atoms with Crippen molar-refractivity contribution < 1.29 is 17.9 Å². The molecule has 184 valence electrons. The van der Waals surface area contributed by atoms with Crippen LogP contribution in [0.2, 0.25) is 0 Å². The minimum atomic E-state index is -3.52. The number of ether oxygens (including phenoxy) is 1. The second-order valence-electron chi connectivity index (χ2n) is 8.23.